The molecular formula is C35H36N8O4. The Bertz CT molecular complexity index is 1870. The van der Waals surface area contributed by atoms with E-state index >= 15 is 0 Å². The van der Waals surface area contributed by atoms with Crippen molar-refractivity contribution in [2.24, 2.45) is 11.8 Å². The lowest BCUT2D eigenvalue weighted by Crippen LogP contribution is -2.54. The molecule has 1 atom stereocenters. The Hall–Kier alpha value is -4.97. The number of carbonyl (C=O) groups excluding carboxylic acids is 4. The molecule has 5 aliphatic rings. The molecule has 1 aromatic heterocycles. The van der Waals surface area contributed by atoms with Crippen molar-refractivity contribution in [1.82, 2.24) is 30.8 Å². The van der Waals surface area contributed by atoms with E-state index in [1.165, 1.54) is 5.56 Å². The summed E-state index contributed by atoms with van der Waals surface area (Å²) in [4.78, 5) is 60.8. The van der Waals surface area contributed by atoms with Gasteiger partial charge in [0.2, 0.25) is 11.8 Å². The SMILES string of the molecule is N=C(/C(=C\NC1CC(CNc2ccc3c(c2)C(=O)N(C2CCC(=O)NC2=O)C3=O)C1)c1cnc2c(C3CNC3)cccc2n1)C1CC1. The molecule has 2 aromatic carbocycles. The first-order chi connectivity index (χ1) is 22.8. The van der Waals surface area contributed by atoms with E-state index < -0.39 is 29.7 Å². The van der Waals surface area contributed by atoms with E-state index in [0.29, 0.717) is 24.1 Å². The normalized spacial score (nSPS) is 24.5. The van der Waals surface area contributed by atoms with Crippen molar-refractivity contribution < 1.29 is 19.2 Å². The number of nitrogens with one attached hydrogen (secondary N) is 5. The number of amides is 4. The maximum atomic E-state index is 13.2. The second-order valence-corrected chi connectivity index (χ2v) is 13.4. The van der Waals surface area contributed by atoms with Gasteiger partial charge in [0.05, 0.1) is 34.1 Å². The Labute approximate surface area is 271 Å². The molecule has 4 fully saturated rings. The molecule has 240 valence electrons. The number of para-hydroxylation sites is 1. The van der Waals surface area contributed by atoms with E-state index in [1.54, 1.807) is 18.2 Å². The standard InChI is InChI=1S/C35H36N8O4/c36-31(19-4-5-19)26(28-17-40-32-23(20-14-37-15-20)2-1-3-27(32)41-28)16-39-22-10-18(11-22)13-38-21-6-7-24-25(12-21)35(47)43(34(24)46)29-8-9-30(44)42-33(29)45/h1-3,6-7,12,16-20,22,29,36-39H,4-5,8-11,13-15H2,(H,42,44,45)/b26-16-,36-31?. The number of carbonyl (C=O) groups is 4. The Balaban J connectivity index is 0.892. The predicted molar refractivity (Wildman–Crippen MR) is 175 cm³/mol. The number of hydrogen-bond donors (Lipinski definition) is 5. The molecule has 4 heterocycles. The molecular weight excluding hydrogens is 596 g/mol. The maximum Gasteiger partial charge on any atom is 0.262 e. The molecule has 1 unspecified atom stereocenters. The third kappa shape index (κ3) is 5.46. The molecule has 4 amide bonds. The first kappa shape index (κ1) is 29.4. The van der Waals surface area contributed by atoms with Crippen LogP contribution in [0.3, 0.4) is 0 Å². The van der Waals surface area contributed by atoms with Gasteiger partial charge in [-0.1, -0.05) is 12.1 Å². The van der Waals surface area contributed by atoms with Crippen molar-refractivity contribution in [1.29, 1.82) is 5.41 Å². The summed E-state index contributed by atoms with van der Waals surface area (Å²) in [6, 6.07) is 10.5. The number of hydrogen-bond acceptors (Lipinski definition) is 10. The lowest BCUT2D eigenvalue weighted by molar-refractivity contribution is -0.136. The molecule has 0 spiro atoms. The topological polar surface area (TPSA) is 169 Å². The molecule has 0 radical (unpaired) electrons. The fraction of sp³-hybridized carbons (Fsp3) is 0.400. The second kappa shape index (κ2) is 11.7. The zero-order valence-electron chi connectivity index (χ0n) is 25.8. The number of benzene rings is 2. The largest absolute Gasteiger partial charge is 0.388 e. The number of nitrogens with zero attached hydrogens (tertiary/aromatic N) is 3. The Kier molecular flexibility index (Phi) is 7.31. The van der Waals surface area contributed by atoms with Crippen molar-refractivity contribution in [2.75, 3.05) is 25.0 Å². The van der Waals surface area contributed by atoms with Crippen LogP contribution in [-0.2, 0) is 9.59 Å². The molecule has 2 saturated heterocycles. The first-order valence-corrected chi connectivity index (χ1v) is 16.5. The third-order valence-corrected chi connectivity index (χ3v) is 10.1. The van der Waals surface area contributed by atoms with Gasteiger partial charge in [0.15, 0.2) is 0 Å². The number of aromatic nitrogens is 2. The summed E-state index contributed by atoms with van der Waals surface area (Å²) in [5.41, 5.74) is 6.44. The average Bonchev–Trinajstić information content (AvgIpc) is 3.84. The summed E-state index contributed by atoms with van der Waals surface area (Å²) in [6.07, 6.45) is 7.95. The summed E-state index contributed by atoms with van der Waals surface area (Å²) in [7, 11) is 0. The smallest absolute Gasteiger partial charge is 0.262 e. The monoisotopic (exact) mass is 632 g/mol. The van der Waals surface area contributed by atoms with Crippen LogP contribution < -0.4 is 21.3 Å². The Morgan fingerprint density at radius 3 is 2.57 bits per heavy atom. The van der Waals surface area contributed by atoms with Crippen LogP contribution >= 0.6 is 0 Å². The van der Waals surface area contributed by atoms with Gasteiger partial charge in [-0.25, -0.2) is 4.98 Å². The highest BCUT2D eigenvalue weighted by molar-refractivity contribution is 6.24. The van der Waals surface area contributed by atoms with Crippen LogP contribution in [0.5, 0.6) is 0 Å². The quantitative estimate of drug-likeness (QED) is 0.167. The lowest BCUT2D eigenvalue weighted by atomic mass is 9.80. The van der Waals surface area contributed by atoms with E-state index in [0.717, 1.165) is 71.7 Å². The summed E-state index contributed by atoms with van der Waals surface area (Å²) < 4.78 is 0. The van der Waals surface area contributed by atoms with Gasteiger partial charge in [0.1, 0.15) is 6.04 Å². The minimum absolute atomic E-state index is 0.0882. The van der Waals surface area contributed by atoms with Gasteiger partial charge in [-0.05, 0) is 67.9 Å². The van der Waals surface area contributed by atoms with Crippen LogP contribution in [0, 0.1) is 17.2 Å². The van der Waals surface area contributed by atoms with Gasteiger partial charge in [-0.2, -0.15) is 0 Å². The molecule has 12 nitrogen and oxygen atoms in total. The van der Waals surface area contributed by atoms with Crippen LogP contribution in [0.4, 0.5) is 5.69 Å². The first-order valence-electron chi connectivity index (χ1n) is 16.5. The fourth-order valence-electron chi connectivity index (χ4n) is 7.00. The van der Waals surface area contributed by atoms with Gasteiger partial charge in [-0.15, -0.1) is 0 Å². The highest BCUT2D eigenvalue weighted by Gasteiger charge is 2.44. The molecule has 3 aromatic rings. The molecule has 5 N–H and O–H groups in total. The number of imide groups is 2. The summed E-state index contributed by atoms with van der Waals surface area (Å²) in [6.45, 7) is 2.63. The van der Waals surface area contributed by atoms with E-state index in [9.17, 15) is 19.2 Å². The highest BCUT2D eigenvalue weighted by Crippen LogP contribution is 2.36. The number of anilines is 1. The zero-order valence-corrected chi connectivity index (χ0v) is 25.8. The molecule has 2 saturated carbocycles. The summed E-state index contributed by atoms with van der Waals surface area (Å²) >= 11 is 0. The molecule has 8 rings (SSSR count). The lowest BCUT2D eigenvalue weighted by Gasteiger charge is -2.36. The molecule has 12 heteroatoms. The molecule has 3 aliphatic heterocycles. The zero-order chi connectivity index (χ0) is 32.2. The van der Waals surface area contributed by atoms with Gasteiger partial charge in [0, 0.05) is 67.1 Å². The molecule has 47 heavy (non-hydrogen) atoms. The highest BCUT2D eigenvalue weighted by atomic mass is 16.2. The Morgan fingerprint density at radius 2 is 1.83 bits per heavy atom. The van der Waals surface area contributed by atoms with Crippen LogP contribution in [0.2, 0.25) is 0 Å². The van der Waals surface area contributed by atoms with Crippen molar-refractivity contribution in [3.05, 3.63) is 71.2 Å². The average molecular weight is 633 g/mol. The van der Waals surface area contributed by atoms with Gasteiger partial charge in [0.25, 0.3) is 11.8 Å². The maximum absolute atomic E-state index is 13.2. The van der Waals surface area contributed by atoms with Crippen molar-refractivity contribution in [3.8, 4) is 0 Å². The van der Waals surface area contributed by atoms with Crippen molar-refractivity contribution in [3.63, 3.8) is 0 Å². The number of rotatable bonds is 10. The number of piperidine rings is 1. The fourth-order valence-corrected chi connectivity index (χ4v) is 7.00. The summed E-state index contributed by atoms with van der Waals surface area (Å²) in [5, 5.41) is 21.4. The summed E-state index contributed by atoms with van der Waals surface area (Å²) in [5.74, 6) is -0.878. The van der Waals surface area contributed by atoms with Gasteiger partial charge < -0.3 is 21.4 Å². The Morgan fingerprint density at radius 1 is 1.02 bits per heavy atom. The molecule has 0 bridgehead atoms. The van der Waals surface area contributed by atoms with Crippen LogP contribution in [0.15, 0.2) is 48.8 Å². The van der Waals surface area contributed by atoms with Crippen LogP contribution in [-0.4, -0.2) is 75.9 Å². The molecule has 2 aliphatic carbocycles. The number of allylic oxidation sites excluding steroid dienone is 1. The van der Waals surface area contributed by atoms with E-state index in [2.05, 4.69) is 27.3 Å². The van der Waals surface area contributed by atoms with E-state index in [1.807, 2.05) is 24.5 Å². The second-order valence-electron chi connectivity index (χ2n) is 13.4. The van der Waals surface area contributed by atoms with Gasteiger partial charge >= 0.3 is 0 Å². The van der Waals surface area contributed by atoms with E-state index in [-0.39, 0.29) is 35.9 Å². The van der Waals surface area contributed by atoms with Crippen molar-refractivity contribution in [2.45, 2.75) is 56.5 Å². The third-order valence-electron chi connectivity index (χ3n) is 10.1. The van der Waals surface area contributed by atoms with Crippen LogP contribution in [0.25, 0.3) is 16.6 Å². The van der Waals surface area contributed by atoms with E-state index in [4.69, 9.17) is 15.4 Å². The number of fused-ring (bicyclic) bond motifs is 2. The minimum Gasteiger partial charge on any atom is -0.388 e. The van der Waals surface area contributed by atoms with Crippen LogP contribution in [0.1, 0.15) is 76.4 Å². The van der Waals surface area contributed by atoms with Gasteiger partial charge in [-0.3, -0.25) is 34.4 Å². The van der Waals surface area contributed by atoms with Crippen molar-refractivity contribution >= 4 is 51.6 Å². The minimum atomic E-state index is -0.977. The predicted octanol–water partition coefficient (Wildman–Crippen LogP) is 2.97.